The average molecular weight is 435 g/mol. The number of nitrogens with zero attached hydrogens (tertiary/aromatic N) is 4. The van der Waals surface area contributed by atoms with E-state index in [1.807, 2.05) is 19.9 Å². The molecule has 0 unspecified atom stereocenters. The summed E-state index contributed by atoms with van der Waals surface area (Å²) in [6.45, 7) is 4.89. The van der Waals surface area contributed by atoms with Crippen LogP contribution in [0.25, 0.3) is 5.82 Å². The number of nitrogens with one attached hydrogen (secondary N) is 1. The Morgan fingerprint density at radius 2 is 1.87 bits per heavy atom. The SMILES string of the molecule is Cc1cc(C)n(-c2ccc(=O)n([C@H](C)C(=O)NCc3ccccc3OC(F)(F)F)n2)n1. The quantitative estimate of drug-likeness (QED) is 0.643. The zero-order valence-electron chi connectivity index (χ0n) is 17.0. The molecule has 2 aromatic heterocycles. The highest BCUT2D eigenvalue weighted by Crippen LogP contribution is 2.26. The van der Waals surface area contributed by atoms with Gasteiger partial charge in [0.2, 0.25) is 5.91 Å². The molecule has 0 saturated heterocycles. The van der Waals surface area contributed by atoms with Crippen molar-refractivity contribution in [2.24, 2.45) is 0 Å². The highest BCUT2D eigenvalue weighted by atomic mass is 19.4. The molecule has 0 aliphatic heterocycles. The molecule has 0 radical (unpaired) electrons. The summed E-state index contributed by atoms with van der Waals surface area (Å²) in [4.78, 5) is 24.9. The predicted octanol–water partition coefficient (Wildman–Crippen LogP) is 2.82. The van der Waals surface area contributed by atoms with Gasteiger partial charge >= 0.3 is 6.36 Å². The summed E-state index contributed by atoms with van der Waals surface area (Å²) in [5.74, 6) is -0.652. The Morgan fingerprint density at radius 1 is 1.16 bits per heavy atom. The standard InChI is InChI=1S/C20H20F3N5O3/c1-12-10-13(2)27(25-12)17-8-9-18(29)28(26-17)14(3)19(30)24-11-15-6-4-5-7-16(15)31-20(21,22)23/h4-10,14H,11H2,1-3H3,(H,24,30)/t14-/m1/s1. The minimum Gasteiger partial charge on any atom is -0.405 e. The van der Waals surface area contributed by atoms with Gasteiger partial charge in [0.25, 0.3) is 5.56 Å². The molecule has 11 heteroatoms. The van der Waals surface area contributed by atoms with Gasteiger partial charge < -0.3 is 10.1 Å². The van der Waals surface area contributed by atoms with E-state index >= 15 is 0 Å². The van der Waals surface area contributed by atoms with E-state index in [0.29, 0.717) is 5.82 Å². The summed E-state index contributed by atoms with van der Waals surface area (Å²) in [5, 5.41) is 11.0. The summed E-state index contributed by atoms with van der Waals surface area (Å²) < 4.78 is 44.2. The van der Waals surface area contributed by atoms with E-state index in [1.165, 1.54) is 37.3 Å². The highest BCUT2D eigenvalue weighted by Gasteiger charge is 2.32. The van der Waals surface area contributed by atoms with E-state index in [9.17, 15) is 22.8 Å². The number of aryl methyl sites for hydroxylation is 2. The van der Waals surface area contributed by atoms with Crippen LogP contribution in [0.2, 0.25) is 0 Å². The fourth-order valence-electron chi connectivity index (χ4n) is 2.98. The van der Waals surface area contributed by atoms with Crippen molar-refractivity contribution in [2.75, 3.05) is 0 Å². The van der Waals surface area contributed by atoms with Crippen LogP contribution in [0.15, 0.2) is 47.3 Å². The number of alkyl halides is 3. The van der Waals surface area contributed by atoms with Gasteiger partial charge in [-0.3, -0.25) is 9.59 Å². The Morgan fingerprint density at radius 3 is 2.52 bits per heavy atom. The molecule has 1 amide bonds. The molecule has 2 heterocycles. The Hall–Kier alpha value is -3.63. The lowest BCUT2D eigenvalue weighted by Crippen LogP contribution is -2.37. The molecule has 0 bridgehead atoms. The van der Waals surface area contributed by atoms with Crippen LogP contribution < -0.4 is 15.6 Å². The smallest absolute Gasteiger partial charge is 0.405 e. The van der Waals surface area contributed by atoms with Gasteiger partial charge in [-0.1, -0.05) is 18.2 Å². The lowest BCUT2D eigenvalue weighted by atomic mass is 10.2. The van der Waals surface area contributed by atoms with Gasteiger partial charge in [-0.2, -0.15) is 5.10 Å². The van der Waals surface area contributed by atoms with Crippen LogP contribution >= 0.6 is 0 Å². The number of para-hydroxylation sites is 1. The van der Waals surface area contributed by atoms with Crippen LogP contribution in [0.5, 0.6) is 5.75 Å². The van der Waals surface area contributed by atoms with E-state index in [-0.39, 0.29) is 12.1 Å². The fraction of sp³-hybridized carbons (Fsp3) is 0.300. The zero-order chi connectivity index (χ0) is 22.8. The van der Waals surface area contributed by atoms with Gasteiger partial charge in [-0.25, -0.2) is 9.36 Å². The first-order chi connectivity index (χ1) is 14.5. The molecule has 0 saturated carbocycles. The average Bonchev–Trinajstić information content (AvgIpc) is 3.03. The zero-order valence-corrected chi connectivity index (χ0v) is 17.0. The van der Waals surface area contributed by atoms with Gasteiger partial charge in [0, 0.05) is 23.9 Å². The molecule has 8 nitrogen and oxygen atoms in total. The summed E-state index contributed by atoms with van der Waals surface area (Å²) >= 11 is 0. The molecule has 0 aliphatic carbocycles. The first kappa shape index (κ1) is 22.1. The van der Waals surface area contributed by atoms with Crippen LogP contribution in [0.4, 0.5) is 13.2 Å². The topological polar surface area (TPSA) is 91.0 Å². The van der Waals surface area contributed by atoms with E-state index in [2.05, 4.69) is 20.3 Å². The third kappa shape index (κ3) is 5.30. The van der Waals surface area contributed by atoms with Crippen LogP contribution in [0.3, 0.4) is 0 Å². The lowest BCUT2D eigenvalue weighted by molar-refractivity contribution is -0.274. The Bertz CT molecular complexity index is 1150. The molecule has 3 aromatic rings. The summed E-state index contributed by atoms with van der Waals surface area (Å²) in [7, 11) is 0. The molecule has 164 valence electrons. The van der Waals surface area contributed by atoms with Crippen molar-refractivity contribution >= 4 is 5.91 Å². The van der Waals surface area contributed by atoms with E-state index in [4.69, 9.17) is 0 Å². The van der Waals surface area contributed by atoms with E-state index in [0.717, 1.165) is 22.1 Å². The molecular weight excluding hydrogens is 415 g/mol. The monoisotopic (exact) mass is 435 g/mol. The first-order valence-electron chi connectivity index (χ1n) is 9.30. The van der Waals surface area contributed by atoms with Gasteiger partial charge in [-0.05, 0) is 39.0 Å². The number of rotatable bonds is 6. The minimum absolute atomic E-state index is 0.136. The van der Waals surface area contributed by atoms with Crippen LogP contribution in [0, 0.1) is 13.8 Å². The second-order valence-corrected chi connectivity index (χ2v) is 6.86. The van der Waals surface area contributed by atoms with Crippen LogP contribution in [-0.4, -0.2) is 31.8 Å². The molecule has 1 aromatic carbocycles. The molecule has 31 heavy (non-hydrogen) atoms. The van der Waals surface area contributed by atoms with E-state index < -0.39 is 29.6 Å². The van der Waals surface area contributed by atoms with Crippen LogP contribution in [-0.2, 0) is 11.3 Å². The van der Waals surface area contributed by atoms with Crippen molar-refractivity contribution < 1.29 is 22.7 Å². The number of hydrogen-bond donors (Lipinski definition) is 1. The molecule has 0 aliphatic rings. The van der Waals surface area contributed by atoms with Crippen molar-refractivity contribution in [3.63, 3.8) is 0 Å². The van der Waals surface area contributed by atoms with E-state index in [1.54, 1.807) is 4.68 Å². The fourth-order valence-corrected chi connectivity index (χ4v) is 2.98. The Kier molecular flexibility index (Phi) is 6.14. The number of ether oxygens (including phenoxy) is 1. The second kappa shape index (κ2) is 8.62. The number of carbonyl (C=O) groups excluding carboxylic acids is 1. The molecular formula is C20H20F3N5O3. The number of carbonyl (C=O) groups is 1. The summed E-state index contributed by atoms with van der Waals surface area (Å²) in [6.07, 6.45) is -4.85. The Labute approximate surface area is 175 Å². The third-order valence-electron chi connectivity index (χ3n) is 4.44. The Balaban J connectivity index is 1.78. The van der Waals surface area contributed by atoms with Gasteiger partial charge in [0.1, 0.15) is 11.8 Å². The van der Waals surface area contributed by atoms with Crippen molar-refractivity contribution in [2.45, 2.75) is 39.7 Å². The van der Waals surface area contributed by atoms with Gasteiger partial charge in [0.15, 0.2) is 5.82 Å². The molecule has 0 spiro atoms. The normalized spacial score (nSPS) is 12.5. The van der Waals surface area contributed by atoms with Crippen molar-refractivity contribution in [1.82, 2.24) is 24.9 Å². The van der Waals surface area contributed by atoms with Crippen molar-refractivity contribution in [3.8, 4) is 11.6 Å². The van der Waals surface area contributed by atoms with Crippen molar-refractivity contribution in [1.29, 1.82) is 0 Å². The number of amides is 1. The minimum atomic E-state index is -4.85. The summed E-state index contributed by atoms with van der Waals surface area (Å²) in [5.41, 5.74) is 1.20. The van der Waals surface area contributed by atoms with Gasteiger partial charge in [0.05, 0.1) is 5.69 Å². The maximum atomic E-state index is 12.6. The second-order valence-electron chi connectivity index (χ2n) is 6.86. The molecule has 1 atom stereocenters. The van der Waals surface area contributed by atoms with Crippen LogP contribution in [0.1, 0.15) is 29.9 Å². The third-order valence-corrected chi connectivity index (χ3v) is 4.44. The van der Waals surface area contributed by atoms with Crippen molar-refractivity contribution in [3.05, 3.63) is 69.8 Å². The molecule has 3 rings (SSSR count). The molecule has 0 fully saturated rings. The number of hydrogen-bond acceptors (Lipinski definition) is 5. The number of aromatic nitrogens is 4. The maximum absolute atomic E-state index is 12.6. The number of benzene rings is 1. The lowest BCUT2D eigenvalue weighted by Gasteiger charge is -2.17. The number of halogens is 3. The summed E-state index contributed by atoms with van der Waals surface area (Å²) in [6, 6.07) is 9.07. The predicted molar refractivity (Wildman–Crippen MR) is 105 cm³/mol. The largest absolute Gasteiger partial charge is 0.573 e. The highest BCUT2D eigenvalue weighted by molar-refractivity contribution is 5.79. The van der Waals surface area contributed by atoms with Gasteiger partial charge in [-0.15, -0.1) is 18.3 Å². The maximum Gasteiger partial charge on any atom is 0.573 e. The molecule has 1 N–H and O–H groups in total. The first-order valence-corrected chi connectivity index (χ1v) is 9.30.